The number of hydrogen-bond donors (Lipinski definition) is 3. The molecule has 0 atom stereocenters. The van der Waals surface area contributed by atoms with E-state index in [0.29, 0.717) is 10.0 Å². The Morgan fingerprint density at radius 3 is 1.91 bits per heavy atom. The average molecular weight is 386 g/mol. The van der Waals surface area contributed by atoms with Gasteiger partial charge in [0.15, 0.2) is 0 Å². The van der Waals surface area contributed by atoms with Gasteiger partial charge in [0.1, 0.15) is 0 Å². The largest absolute Gasteiger partial charge is 0.479 e. The average Bonchev–Trinajstić information content (AvgIpc) is 2.48. The van der Waals surface area contributed by atoms with Crippen LogP contribution < -0.4 is 5.32 Å². The zero-order chi connectivity index (χ0) is 17.8. The highest BCUT2D eigenvalue weighted by molar-refractivity contribution is 9.10. The van der Waals surface area contributed by atoms with Gasteiger partial charge in [0.25, 0.3) is 0 Å². The second-order valence-corrected chi connectivity index (χ2v) is 6.16. The van der Waals surface area contributed by atoms with Crippen molar-refractivity contribution >= 4 is 33.8 Å². The topological polar surface area (TPSA) is 104 Å². The molecule has 1 aromatic rings. The fourth-order valence-corrected chi connectivity index (χ4v) is 3.87. The van der Waals surface area contributed by atoms with E-state index in [-0.39, 0.29) is 12.8 Å². The molecule has 1 rings (SSSR count). The van der Waals surface area contributed by atoms with Crippen molar-refractivity contribution in [3.63, 3.8) is 0 Å². The van der Waals surface area contributed by atoms with E-state index in [1.807, 2.05) is 0 Å². The first-order valence-corrected chi connectivity index (χ1v) is 7.99. The van der Waals surface area contributed by atoms with Gasteiger partial charge in [-0.05, 0) is 24.5 Å². The van der Waals surface area contributed by atoms with Crippen LogP contribution in [0.5, 0.6) is 0 Å². The Labute approximate surface area is 143 Å². The molecule has 6 nitrogen and oxygen atoms in total. The summed E-state index contributed by atoms with van der Waals surface area (Å²) in [6.45, 7) is 4.54. The van der Waals surface area contributed by atoms with Crippen LogP contribution >= 0.6 is 15.9 Å². The van der Waals surface area contributed by atoms with Crippen LogP contribution in [0.2, 0.25) is 0 Å². The maximum Gasteiger partial charge on any atom is 0.342 e. The van der Waals surface area contributed by atoms with Crippen LogP contribution in [0.4, 0.5) is 0 Å². The predicted molar refractivity (Wildman–Crippen MR) is 88.2 cm³/mol. The minimum Gasteiger partial charge on any atom is -0.479 e. The number of aliphatic carboxylic acids is 2. The third-order valence-corrected chi connectivity index (χ3v) is 5.01. The molecule has 3 N–H and O–H groups in total. The molecular formula is C16H20BrNO5. The van der Waals surface area contributed by atoms with Gasteiger partial charge >= 0.3 is 11.9 Å². The minimum atomic E-state index is -2.47. The molecule has 7 heteroatoms. The molecule has 0 radical (unpaired) electrons. The zero-order valence-electron chi connectivity index (χ0n) is 13.2. The summed E-state index contributed by atoms with van der Waals surface area (Å²) in [5.41, 5.74) is -3.26. The normalized spacial score (nSPS) is 11.8. The SMILES string of the molecule is CCC(CC)(c1ccccc1Br)C(NC(C)=O)(C(=O)O)C(=O)O. The molecule has 0 aliphatic carbocycles. The molecule has 0 heterocycles. The first-order chi connectivity index (χ1) is 10.7. The Morgan fingerprint density at radius 1 is 1.09 bits per heavy atom. The molecule has 0 aliphatic rings. The smallest absolute Gasteiger partial charge is 0.342 e. The Hall–Kier alpha value is -1.89. The molecule has 0 fully saturated rings. The van der Waals surface area contributed by atoms with Gasteiger partial charge in [-0.3, -0.25) is 4.79 Å². The summed E-state index contributed by atoms with van der Waals surface area (Å²) >= 11 is 3.37. The fraction of sp³-hybridized carbons (Fsp3) is 0.438. The van der Waals surface area contributed by atoms with Crippen molar-refractivity contribution in [1.29, 1.82) is 0 Å². The number of carbonyl (C=O) groups is 3. The molecular weight excluding hydrogens is 366 g/mol. The van der Waals surface area contributed by atoms with Crippen LogP contribution in [0.3, 0.4) is 0 Å². The van der Waals surface area contributed by atoms with Crippen molar-refractivity contribution in [1.82, 2.24) is 5.32 Å². The Bertz CT molecular complexity index is 611. The predicted octanol–water partition coefficient (Wildman–Crippen LogP) is 2.55. The van der Waals surface area contributed by atoms with E-state index in [1.54, 1.807) is 38.1 Å². The van der Waals surface area contributed by atoms with Crippen molar-refractivity contribution in [2.24, 2.45) is 0 Å². The lowest BCUT2D eigenvalue weighted by Gasteiger charge is -2.45. The van der Waals surface area contributed by atoms with E-state index in [4.69, 9.17) is 0 Å². The van der Waals surface area contributed by atoms with Crippen LogP contribution in [-0.2, 0) is 19.8 Å². The molecule has 0 aliphatic heterocycles. The summed E-state index contributed by atoms with van der Waals surface area (Å²) in [4.78, 5) is 35.7. The van der Waals surface area contributed by atoms with E-state index in [9.17, 15) is 24.6 Å². The number of nitrogens with one attached hydrogen (secondary N) is 1. The molecule has 126 valence electrons. The molecule has 0 unspecified atom stereocenters. The van der Waals surface area contributed by atoms with Crippen molar-refractivity contribution in [3.05, 3.63) is 34.3 Å². The van der Waals surface area contributed by atoms with E-state index in [2.05, 4.69) is 21.2 Å². The van der Waals surface area contributed by atoms with Gasteiger partial charge < -0.3 is 15.5 Å². The van der Waals surface area contributed by atoms with E-state index in [0.717, 1.165) is 6.92 Å². The number of benzene rings is 1. The molecule has 0 bridgehead atoms. The number of carbonyl (C=O) groups excluding carboxylic acids is 1. The van der Waals surface area contributed by atoms with Crippen LogP contribution in [-0.4, -0.2) is 33.6 Å². The van der Waals surface area contributed by atoms with E-state index < -0.39 is 28.8 Å². The summed E-state index contributed by atoms with van der Waals surface area (Å²) in [6.07, 6.45) is 0.427. The van der Waals surface area contributed by atoms with Crippen LogP contribution in [0.1, 0.15) is 39.2 Å². The van der Waals surface area contributed by atoms with Crippen LogP contribution in [0.15, 0.2) is 28.7 Å². The third-order valence-electron chi connectivity index (χ3n) is 4.32. The molecule has 0 spiro atoms. The van der Waals surface area contributed by atoms with Crippen molar-refractivity contribution in [2.75, 3.05) is 0 Å². The first kappa shape index (κ1) is 19.2. The van der Waals surface area contributed by atoms with Gasteiger partial charge in [0.2, 0.25) is 11.4 Å². The number of carboxylic acids is 2. The van der Waals surface area contributed by atoms with E-state index >= 15 is 0 Å². The number of hydrogen-bond acceptors (Lipinski definition) is 3. The van der Waals surface area contributed by atoms with Crippen LogP contribution in [0, 0.1) is 0 Å². The molecule has 23 heavy (non-hydrogen) atoms. The molecule has 0 saturated heterocycles. The molecule has 0 aromatic heterocycles. The van der Waals surface area contributed by atoms with Gasteiger partial charge in [-0.1, -0.05) is 48.0 Å². The maximum absolute atomic E-state index is 12.0. The highest BCUT2D eigenvalue weighted by Gasteiger charge is 2.63. The number of halogens is 1. The maximum atomic E-state index is 12.0. The standard InChI is InChI=1S/C16H20BrNO5/c1-4-15(5-2,11-8-6-7-9-12(11)17)16(13(20)21,14(22)23)18-10(3)19/h6-9H,4-5H2,1-3H3,(H,18,19)(H,20,21)(H,22,23). The summed E-state index contributed by atoms with van der Waals surface area (Å²) in [5, 5.41) is 21.8. The van der Waals surface area contributed by atoms with E-state index in [1.165, 1.54) is 0 Å². The summed E-state index contributed by atoms with van der Waals surface area (Å²) in [7, 11) is 0. The lowest BCUT2D eigenvalue weighted by Crippen LogP contribution is -2.71. The lowest BCUT2D eigenvalue weighted by molar-refractivity contribution is -0.166. The van der Waals surface area contributed by atoms with Gasteiger partial charge in [0.05, 0.1) is 0 Å². The molecule has 1 aromatic carbocycles. The quantitative estimate of drug-likeness (QED) is 0.625. The Kier molecular flexibility index (Phi) is 5.93. The number of amides is 1. The second-order valence-electron chi connectivity index (χ2n) is 5.31. The molecule has 0 saturated carbocycles. The third kappa shape index (κ3) is 2.97. The summed E-state index contributed by atoms with van der Waals surface area (Å²) in [6, 6.07) is 6.87. The van der Waals surface area contributed by atoms with Crippen molar-refractivity contribution < 1.29 is 24.6 Å². The molecule has 1 amide bonds. The van der Waals surface area contributed by atoms with Crippen molar-refractivity contribution in [3.8, 4) is 0 Å². The number of rotatable bonds is 7. The highest BCUT2D eigenvalue weighted by Crippen LogP contribution is 2.45. The zero-order valence-corrected chi connectivity index (χ0v) is 14.8. The number of carboxylic acid groups (broad SMARTS) is 2. The minimum absolute atomic E-state index is 0.213. The van der Waals surface area contributed by atoms with Gasteiger partial charge in [-0.2, -0.15) is 0 Å². The second kappa shape index (κ2) is 7.12. The Morgan fingerprint density at radius 2 is 1.57 bits per heavy atom. The van der Waals surface area contributed by atoms with Gasteiger partial charge in [-0.15, -0.1) is 0 Å². The highest BCUT2D eigenvalue weighted by atomic mass is 79.9. The summed E-state index contributed by atoms with van der Waals surface area (Å²) < 4.78 is 0.598. The first-order valence-electron chi connectivity index (χ1n) is 7.20. The van der Waals surface area contributed by atoms with Gasteiger partial charge in [0, 0.05) is 16.8 Å². The van der Waals surface area contributed by atoms with Gasteiger partial charge in [-0.25, -0.2) is 9.59 Å². The monoisotopic (exact) mass is 385 g/mol. The van der Waals surface area contributed by atoms with Crippen LogP contribution in [0.25, 0.3) is 0 Å². The lowest BCUT2D eigenvalue weighted by atomic mass is 9.61. The Balaban J connectivity index is 3.86. The summed E-state index contributed by atoms with van der Waals surface area (Å²) in [5.74, 6) is -3.91. The van der Waals surface area contributed by atoms with Crippen molar-refractivity contribution in [2.45, 2.75) is 44.6 Å². The fourth-order valence-electron chi connectivity index (χ4n) is 3.20.